The summed E-state index contributed by atoms with van der Waals surface area (Å²) in [4.78, 5) is 3.72. The number of nitrogens with one attached hydrogen (secondary N) is 1. The van der Waals surface area contributed by atoms with Gasteiger partial charge in [0.25, 0.3) is 0 Å². The van der Waals surface area contributed by atoms with Crippen molar-refractivity contribution in [1.29, 1.82) is 0 Å². The van der Waals surface area contributed by atoms with Crippen molar-refractivity contribution >= 4 is 64.1 Å². The number of rotatable bonds is 2. The van der Waals surface area contributed by atoms with Crippen LogP contribution in [0.3, 0.4) is 0 Å². The van der Waals surface area contributed by atoms with Gasteiger partial charge in [-0.3, -0.25) is 0 Å². The van der Waals surface area contributed by atoms with E-state index in [1.165, 1.54) is 63.9 Å². The van der Waals surface area contributed by atoms with Crippen LogP contribution in [0.1, 0.15) is 0 Å². The molecule has 1 N–H and O–H groups in total. The molecule has 152 valence electrons. The average molecular weight is 430 g/mol. The number of H-pyrrole nitrogens is 1. The van der Waals surface area contributed by atoms with Gasteiger partial charge in [-0.05, 0) is 40.8 Å². The highest BCUT2D eigenvalue weighted by molar-refractivity contribution is 7.26. The van der Waals surface area contributed by atoms with Crippen molar-refractivity contribution in [2.45, 2.75) is 0 Å². The quantitative estimate of drug-likeness (QED) is 0.293. The number of fused-ring (bicyclic) bond motifs is 8. The molecule has 0 atom stereocenters. The lowest BCUT2D eigenvalue weighted by atomic mass is 10.0. The molecule has 0 radical (unpaired) electrons. The van der Waals surface area contributed by atoms with Gasteiger partial charge >= 0.3 is 0 Å². The fraction of sp³-hybridized carbons (Fsp3) is 0.0345. The number of hydrogen-bond donors (Lipinski definition) is 1. The minimum atomic E-state index is 0.881. The highest BCUT2D eigenvalue weighted by Crippen LogP contribution is 2.43. The molecule has 0 aliphatic rings. The van der Waals surface area contributed by atoms with E-state index in [1.807, 2.05) is 23.5 Å². The van der Waals surface area contributed by atoms with E-state index in [9.17, 15) is 0 Å². The largest absolute Gasteiger partial charge is 0.497 e. The molecule has 32 heavy (non-hydrogen) atoms. The highest BCUT2D eigenvalue weighted by Gasteiger charge is 2.14. The molecule has 3 heteroatoms. The minimum Gasteiger partial charge on any atom is -0.497 e. The number of ether oxygens (including phenoxy) is 1. The number of hydrogen-bond acceptors (Lipinski definition) is 2. The zero-order valence-corrected chi connectivity index (χ0v) is 18.3. The van der Waals surface area contributed by atoms with Crippen LogP contribution < -0.4 is 4.74 Å². The molecule has 0 aliphatic heterocycles. The number of aromatic amines is 1. The second-order valence-electron chi connectivity index (χ2n) is 8.24. The Morgan fingerprint density at radius 3 is 2.41 bits per heavy atom. The Hall–Kier alpha value is -3.82. The Kier molecular flexibility index (Phi) is 3.67. The molecule has 0 spiro atoms. The molecule has 2 nitrogen and oxygen atoms in total. The van der Waals surface area contributed by atoms with Crippen LogP contribution in [0.2, 0.25) is 0 Å². The Morgan fingerprint density at radius 1 is 0.688 bits per heavy atom. The van der Waals surface area contributed by atoms with Crippen LogP contribution in [-0.2, 0) is 0 Å². The summed E-state index contributed by atoms with van der Waals surface area (Å²) in [7, 11) is 1.70. The molecule has 0 saturated heterocycles. The van der Waals surface area contributed by atoms with E-state index < -0.39 is 0 Å². The lowest BCUT2D eigenvalue weighted by molar-refractivity contribution is 0.415. The lowest BCUT2D eigenvalue weighted by Gasteiger charge is -2.05. The van der Waals surface area contributed by atoms with Crippen LogP contribution >= 0.6 is 11.3 Å². The molecule has 2 aromatic heterocycles. The van der Waals surface area contributed by atoms with Gasteiger partial charge in [-0.1, -0.05) is 66.7 Å². The monoisotopic (exact) mass is 429 g/mol. The Balaban J connectivity index is 1.51. The van der Waals surface area contributed by atoms with Crippen LogP contribution in [-0.4, -0.2) is 12.1 Å². The van der Waals surface area contributed by atoms with E-state index in [1.54, 1.807) is 7.11 Å². The first-order valence-corrected chi connectivity index (χ1v) is 11.5. The molecule has 0 aliphatic carbocycles. The average Bonchev–Trinajstić information content (AvgIpc) is 3.40. The number of aromatic nitrogens is 1. The summed E-state index contributed by atoms with van der Waals surface area (Å²) in [5.74, 6) is 0.881. The van der Waals surface area contributed by atoms with Gasteiger partial charge < -0.3 is 9.72 Å². The molecule has 0 bridgehead atoms. The fourth-order valence-corrected chi connectivity index (χ4v) is 6.19. The third-order valence-electron chi connectivity index (χ3n) is 6.52. The van der Waals surface area contributed by atoms with Gasteiger partial charge in [0.15, 0.2) is 0 Å². The highest BCUT2D eigenvalue weighted by atomic mass is 32.1. The van der Waals surface area contributed by atoms with Crippen molar-refractivity contribution in [3.05, 3.63) is 91.0 Å². The van der Waals surface area contributed by atoms with Crippen molar-refractivity contribution in [1.82, 2.24) is 4.98 Å². The van der Waals surface area contributed by atoms with E-state index >= 15 is 0 Å². The first-order chi connectivity index (χ1) is 15.8. The third-order valence-corrected chi connectivity index (χ3v) is 7.72. The van der Waals surface area contributed by atoms with Crippen molar-refractivity contribution in [3.63, 3.8) is 0 Å². The molecule has 5 aromatic carbocycles. The summed E-state index contributed by atoms with van der Waals surface area (Å²) in [6.45, 7) is 0. The summed E-state index contributed by atoms with van der Waals surface area (Å²) in [6.07, 6.45) is 0. The van der Waals surface area contributed by atoms with E-state index in [0.29, 0.717) is 0 Å². The van der Waals surface area contributed by atoms with Gasteiger partial charge in [0.1, 0.15) is 5.75 Å². The summed E-state index contributed by atoms with van der Waals surface area (Å²) in [5.41, 5.74) is 4.90. The van der Waals surface area contributed by atoms with Gasteiger partial charge in [0.2, 0.25) is 0 Å². The smallest absolute Gasteiger partial charge is 0.118 e. The van der Waals surface area contributed by atoms with Crippen LogP contribution in [0, 0.1) is 0 Å². The first kappa shape index (κ1) is 17.8. The molecule has 2 heterocycles. The molecular formula is C29H19NOS. The van der Waals surface area contributed by atoms with Crippen molar-refractivity contribution in [3.8, 4) is 16.9 Å². The van der Waals surface area contributed by atoms with E-state index in [-0.39, 0.29) is 0 Å². The predicted octanol–water partition coefficient (Wildman–Crippen LogP) is 8.52. The SMILES string of the molecule is COc1ccc(-c2cccc3c2sc2cc4c(cc23)[nH]c2c3ccccc3ccc42)cc1. The van der Waals surface area contributed by atoms with Gasteiger partial charge in [-0.15, -0.1) is 11.3 Å². The van der Waals surface area contributed by atoms with Gasteiger partial charge in [-0.25, -0.2) is 0 Å². The van der Waals surface area contributed by atoms with E-state index in [2.05, 4.69) is 83.8 Å². The Morgan fingerprint density at radius 2 is 1.53 bits per heavy atom. The maximum absolute atomic E-state index is 5.34. The van der Waals surface area contributed by atoms with E-state index in [4.69, 9.17) is 4.74 Å². The normalized spacial score (nSPS) is 11.9. The van der Waals surface area contributed by atoms with Gasteiger partial charge in [0, 0.05) is 41.8 Å². The zero-order chi connectivity index (χ0) is 21.2. The number of benzene rings is 5. The molecule has 0 saturated carbocycles. The minimum absolute atomic E-state index is 0.881. The standard InChI is InChI=1S/C29H19NOS/c1-31-19-12-9-18(10-13-19)21-7-4-8-23-25-15-26-24(16-27(25)32-29(21)23)22-14-11-17-5-2-3-6-20(17)28(22)30-26/h2-16,30H,1H3. The maximum Gasteiger partial charge on any atom is 0.118 e. The fourth-order valence-electron chi connectivity index (χ4n) is 4.93. The molecule has 0 unspecified atom stereocenters. The predicted molar refractivity (Wildman–Crippen MR) is 138 cm³/mol. The molecule has 7 aromatic rings. The van der Waals surface area contributed by atoms with Gasteiger partial charge in [0.05, 0.1) is 12.6 Å². The Labute approximate surface area is 188 Å². The molecule has 0 fully saturated rings. The maximum atomic E-state index is 5.34. The summed E-state index contributed by atoms with van der Waals surface area (Å²) in [5, 5.41) is 7.73. The number of thiophene rings is 1. The van der Waals surface area contributed by atoms with Crippen LogP contribution in [0.5, 0.6) is 5.75 Å². The van der Waals surface area contributed by atoms with Crippen LogP contribution in [0.15, 0.2) is 91.0 Å². The van der Waals surface area contributed by atoms with E-state index in [0.717, 1.165) is 5.75 Å². The topological polar surface area (TPSA) is 25.0 Å². The van der Waals surface area contributed by atoms with Crippen LogP contribution in [0.25, 0.3) is 63.9 Å². The van der Waals surface area contributed by atoms with Crippen LogP contribution in [0.4, 0.5) is 0 Å². The Bertz CT molecular complexity index is 1800. The summed E-state index contributed by atoms with van der Waals surface area (Å²) < 4.78 is 7.99. The molecular weight excluding hydrogens is 410 g/mol. The summed E-state index contributed by atoms with van der Waals surface area (Å²) in [6, 6.07) is 32.7. The first-order valence-electron chi connectivity index (χ1n) is 10.7. The second-order valence-corrected chi connectivity index (χ2v) is 9.29. The summed E-state index contributed by atoms with van der Waals surface area (Å²) >= 11 is 1.88. The third kappa shape index (κ3) is 2.46. The second kappa shape index (κ2) is 6.59. The van der Waals surface area contributed by atoms with Crippen molar-refractivity contribution < 1.29 is 4.74 Å². The van der Waals surface area contributed by atoms with Gasteiger partial charge in [-0.2, -0.15) is 0 Å². The number of methoxy groups -OCH3 is 1. The van der Waals surface area contributed by atoms with Crippen molar-refractivity contribution in [2.24, 2.45) is 0 Å². The molecule has 0 amide bonds. The molecule has 7 rings (SSSR count). The lowest BCUT2D eigenvalue weighted by Crippen LogP contribution is -1.82. The zero-order valence-electron chi connectivity index (χ0n) is 17.5. The van der Waals surface area contributed by atoms with Crippen molar-refractivity contribution in [2.75, 3.05) is 7.11 Å².